The van der Waals surface area contributed by atoms with Crippen LogP contribution in [0.5, 0.6) is 0 Å². The SMILES string of the molecule is Cc1cc(Nc2ccc3c(-[n+]4cccc5nc(Nc6ccnc(C)c6)ccc54)nccc3n2)ccn1. The van der Waals surface area contributed by atoms with Crippen molar-refractivity contribution in [3.05, 3.63) is 103 Å². The third kappa shape index (κ3) is 4.27. The summed E-state index contributed by atoms with van der Waals surface area (Å²) in [5.41, 5.74) is 6.44. The molecule has 0 unspecified atom stereocenters. The van der Waals surface area contributed by atoms with Crippen LogP contribution >= 0.6 is 0 Å². The van der Waals surface area contributed by atoms with E-state index < -0.39 is 0 Å². The molecule has 8 heteroatoms. The Labute approximate surface area is 207 Å². The zero-order valence-electron chi connectivity index (χ0n) is 19.8. The molecular weight excluding hydrogens is 448 g/mol. The Morgan fingerprint density at radius 3 is 1.97 bits per heavy atom. The summed E-state index contributed by atoms with van der Waals surface area (Å²) in [7, 11) is 0. The fraction of sp³-hybridized carbons (Fsp3) is 0.0714. The molecule has 6 heterocycles. The summed E-state index contributed by atoms with van der Waals surface area (Å²) in [5, 5.41) is 7.66. The van der Waals surface area contributed by atoms with E-state index in [9.17, 15) is 0 Å². The van der Waals surface area contributed by atoms with Gasteiger partial charge in [0.1, 0.15) is 23.3 Å². The van der Waals surface area contributed by atoms with Crippen LogP contribution in [-0.2, 0) is 0 Å². The second kappa shape index (κ2) is 8.99. The van der Waals surface area contributed by atoms with Crippen molar-refractivity contribution in [2.75, 3.05) is 10.6 Å². The summed E-state index contributed by atoms with van der Waals surface area (Å²) in [6, 6.07) is 21.8. The first-order valence-corrected chi connectivity index (χ1v) is 11.6. The Bertz CT molecular complexity index is 1600. The third-order valence-corrected chi connectivity index (χ3v) is 5.81. The van der Waals surface area contributed by atoms with E-state index in [1.165, 1.54) is 0 Å². The lowest BCUT2D eigenvalue weighted by atomic mass is 10.2. The van der Waals surface area contributed by atoms with E-state index in [2.05, 4.69) is 20.6 Å². The molecule has 0 aromatic carbocycles. The molecule has 36 heavy (non-hydrogen) atoms. The van der Waals surface area contributed by atoms with Crippen molar-refractivity contribution in [1.82, 2.24) is 24.9 Å². The number of aromatic nitrogens is 6. The first-order valence-electron chi connectivity index (χ1n) is 11.6. The minimum atomic E-state index is 0.761. The molecule has 6 aromatic heterocycles. The van der Waals surface area contributed by atoms with Crippen LogP contribution in [0.25, 0.3) is 27.8 Å². The number of pyridine rings is 6. The highest BCUT2D eigenvalue weighted by Gasteiger charge is 2.18. The first kappa shape index (κ1) is 21.5. The molecular formula is C28H23N8+. The fourth-order valence-electron chi connectivity index (χ4n) is 4.19. The zero-order valence-corrected chi connectivity index (χ0v) is 19.8. The monoisotopic (exact) mass is 471 g/mol. The predicted molar refractivity (Wildman–Crippen MR) is 141 cm³/mol. The minimum absolute atomic E-state index is 0.761. The minimum Gasteiger partial charge on any atom is -0.340 e. The Morgan fingerprint density at radius 2 is 1.28 bits per heavy atom. The molecule has 174 valence electrons. The van der Waals surface area contributed by atoms with Gasteiger partial charge >= 0.3 is 5.82 Å². The molecule has 2 N–H and O–H groups in total. The predicted octanol–water partition coefficient (Wildman–Crippen LogP) is 5.35. The topological polar surface area (TPSA) is 92.4 Å². The van der Waals surface area contributed by atoms with Gasteiger partial charge in [-0.3, -0.25) is 9.97 Å². The molecule has 0 saturated heterocycles. The van der Waals surface area contributed by atoms with E-state index in [1.807, 2.05) is 91.3 Å². The summed E-state index contributed by atoms with van der Waals surface area (Å²) in [6.07, 6.45) is 7.35. The van der Waals surface area contributed by atoms with Gasteiger partial charge in [0.05, 0.1) is 17.1 Å². The summed E-state index contributed by atoms with van der Waals surface area (Å²) >= 11 is 0. The highest BCUT2D eigenvalue weighted by molar-refractivity contribution is 5.86. The molecule has 0 fully saturated rings. The largest absolute Gasteiger partial charge is 0.340 e. The Balaban J connectivity index is 1.37. The molecule has 0 aliphatic heterocycles. The molecule has 0 radical (unpaired) electrons. The van der Waals surface area contributed by atoms with Gasteiger partial charge in [0, 0.05) is 41.2 Å². The number of nitrogens with zero attached hydrogens (tertiary/aromatic N) is 6. The van der Waals surface area contributed by atoms with Gasteiger partial charge in [-0.1, -0.05) is 0 Å². The van der Waals surface area contributed by atoms with Gasteiger partial charge in [-0.05, 0) is 79.5 Å². The van der Waals surface area contributed by atoms with Crippen molar-refractivity contribution in [2.45, 2.75) is 13.8 Å². The number of fused-ring (bicyclic) bond motifs is 2. The second-order valence-electron chi connectivity index (χ2n) is 8.50. The maximum atomic E-state index is 4.82. The van der Waals surface area contributed by atoms with Crippen LogP contribution in [0.2, 0.25) is 0 Å². The molecule has 8 nitrogen and oxygen atoms in total. The van der Waals surface area contributed by atoms with Gasteiger partial charge in [-0.25, -0.2) is 9.97 Å². The fourth-order valence-corrected chi connectivity index (χ4v) is 4.19. The Morgan fingerprint density at radius 1 is 0.639 bits per heavy atom. The average Bonchev–Trinajstić information content (AvgIpc) is 2.88. The highest BCUT2D eigenvalue weighted by Crippen LogP contribution is 2.23. The average molecular weight is 472 g/mol. The maximum absolute atomic E-state index is 4.82. The van der Waals surface area contributed by atoms with Gasteiger partial charge < -0.3 is 10.6 Å². The van der Waals surface area contributed by atoms with Crippen LogP contribution in [-0.4, -0.2) is 24.9 Å². The molecule has 0 aliphatic carbocycles. The van der Waals surface area contributed by atoms with Crippen LogP contribution in [0.1, 0.15) is 11.4 Å². The molecule has 0 atom stereocenters. The number of hydrogen-bond donors (Lipinski definition) is 2. The normalized spacial score (nSPS) is 11.1. The third-order valence-electron chi connectivity index (χ3n) is 5.81. The molecule has 0 spiro atoms. The van der Waals surface area contributed by atoms with Crippen molar-refractivity contribution in [2.24, 2.45) is 0 Å². The summed E-state index contributed by atoms with van der Waals surface area (Å²) < 4.78 is 2.05. The van der Waals surface area contributed by atoms with Crippen molar-refractivity contribution in [3.63, 3.8) is 0 Å². The second-order valence-corrected chi connectivity index (χ2v) is 8.50. The first-order chi connectivity index (χ1) is 17.6. The van der Waals surface area contributed by atoms with Crippen molar-refractivity contribution >= 4 is 44.9 Å². The van der Waals surface area contributed by atoms with Crippen molar-refractivity contribution in [1.29, 1.82) is 0 Å². The van der Waals surface area contributed by atoms with Gasteiger partial charge in [-0.15, -0.1) is 0 Å². The molecule has 0 aliphatic rings. The zero-order chi connectivity index (χ0) is 24.5. The lowest BCUT2D eigenvalue weighted by Crippen LogP contribution is -2.32. The van der Waals surface area contributed by atoms with Crippen molar-refractivity contribution < 1.29 is 4.57 Å². The van der Waals surface area contributed by atoms with Crippen LogP contribution in [0.4, 0.5) is 23.0 Å². The van der Waals surface area contributed by atoms with Crippen molar-refractivity contribution in [3.8, 4) is 5.82 Å². The van der Waals surface area contributed by atoms with Crippen LogP contribution in [0.3, 0.4) is 0 Å². The Kier molecular flexibility index (Phi) is 5.38. The lowest BCUT2D eigenvalue weighted by Gasteiger charge is -2.09. The van der Waals surface area contributed by atoms with E-state index in [1.54, 1.807) is 18.6 Å². The molecule has 0 amide bonds. The molecule has 6 rings (SSSR count). The smallest absolute Gasteiger partial charge is 0.337 e. The Hall–Kier alpha value is -4.98. The highest BCUT2D eigenvalue weighted by atomic mass is 15.1. The number of aryl methyl sites for hydroxylation is 2. The van der Waals surface area contributed by atoms with E-state index >= 15 is 0 Å². The van der Waals surface area contributed by atoms with Gasteiger partial charge in [-0.2, -0.15) is 4.57 Å². The van der Waals surface area contributed by atoms with E-state index in [0.29, 0.717) is 0 Å². The number of anilines is 4. The molecule has 6 aromatic rings. The van der Waals surface area contributed by atoms with E-state index in [-0.39, 0.29) is 0 Å². The quantitative estimate of drug-likeness (QED) is 0.328. The summed E-state index contributed by atoms with van der Waals surface area (Å²) in [6.45, 7) is 3.93. The number of rotatable bonds is 5. The summed E-state index contributed by atoms with van der Waals surface area (Å²) in [5.74, 6) is 2.32. The van der Waals surface area contributed by atoms with Crippen LogP contribution in [0.15, 0.2) is 91.5 Å². The van der Waals surface area contributed by atoms with Crippen LogP contribution < -0.4 is 15.2 Å². The van der Waals surface area contributed by atoms with E-state index in [0.717, 1.165) is 62.2 Å². The van der Waals surface area contributed by atoms with Gasteiger partial charge in [0.15, 0.2) is 5.52 Å². The molecule has 0 bridgehead atoms. The van der Waals surface area contributed by atoms with E-state index in [4.69, 9.17) is 15.0 Å². The lowest BCUT2D eigenvalue weighted by molar-refractivity contribution is -0.569. The molecule has 0 saturated carbocycles. The standard InChI is InChI=1S/C28H23N8/c1-18-16-20(9-12-29-18)32-26-7-5-22-23(34-26)11-14-31-28(22)36-15-3-4-24-25(36)6-8-27(35-24)33-21-10-13-30-19(2)17-21/h3-17H,1-2H3,(H,29,32,34)(H,30,33,35)/q+1. The summed E-state index contributed by atoms with van der Waals surface area (Å²) in [4.78, 5) is 22.8. The maximum Gasteiger partial charge on any atom is 0.337 e. The number of hydrogen-bond acceptors (Lipinski definition) is 7. The van der Waals surface area contributed by atoms with Gasteiger partial charge in [0.25, 0.3) is 0 Å². The van der Waals surface area contributed by atoms with Crippen LogP contribution in [0, 0.1) is 13.8 Å². The van der Waals surface area contributed by atoms with Gasteiger partial charge in [0.2, 0.25) is 0 Å². The number of nitrogens with one attached hydrogen (secondary N) is 2.